The van der Waals surface area contributed by atoms with Crippen molar-refractivity contribution in [3.05, 3.63) is 65.4 Å². The molecule has 3 heterocycles. The first kappa shape index (κ1) is 22.5. The lowest BCUT2D eigenvalue weighted by atomic mass is 9.76. The van der Waals surface area contributed by atoms with Crippen LogP contribution in [0, 0.1) is 0 Å². The number of hydrogen-bond donors (Lipinski definition) is 2. The predicted molar refractivity (Wildman–Crippen MR) is 130 cm³/mol. The second-order valence-electron chi connectivity index (χ2n) is 9.34. The third kappa shape index (κ3) is 3.38. The lowest BCUT2D eigenvalue weighted by molar-refractivity contribution is -0.166. The second kappa shape index (κ2) is 8.80. The van der Waals surface area contributed by atoms with Gasteiger partial charge in [0.1, 0.15) is 5.75 Å². The number of benzene rings is 2. The number of aromatic nitrogens is 1. The van der Waals surface area contributed by atoms with Gasteiger partial charge in [0.25, 0.3) is 5.91 Å². The number of aliphatic hydroxyl groups is 1. The third-order valence-electron chi connectivity index (χ3n) is 7.42. The molecule has 2 N–H and O–H groups in total. The molecule has 1 saturated heterocycles. The van der Waals surface area contributed by atoms with E-state index >= 15 is 0 Å². The highest BCUT2D eigenvalue weighted by Crippen LogP contribution is 2.49. The number of ether oxygens (including phenoxy) is 1. The van der Waals surface area contributed by atoms with E-state index in [1.54, 1.807) is 16.9 Å². The average molecular weight is 462 g/mol. The summed E-state index contributed by atoms with van der Waals surface area (Å²) in [6.45, 7) is 3.02. The van der Waals surface area contributed by atoms with E-state index in [1.807, 2.05) is 49.4 Å². The highest BCUT2D eigenvalue weighted by Gasteiger charge is 2.56. The molecule has 5 rings (SSSR count). The SMILES string of the molecule is COc1ccccc1C1CN2C(=O)CN(CCCCCO)C(=O)[C@]2(C)c2[nH]c3ccccc3c21. The molecule has 0 saturated carbocycles. The number of aromatic amines is 1. The molecule has 7 nitrogen and oxygen atoms in total. The molecule has 1 fully saturated rings. The number of nitrogens with one attached hydrogen (secondary N) is 1. The van der Waals surface area contributed by atoms with E-state index in [9.17, 15) is 9.59 Å². The minimum atomic E-state index is -1.10. The van der Waals surface area contributed by atoms with Crippen molar-refractivity contribution in [3.63, 3.8) is 0 Å². The molecule has 2 atom stereocenters. The fraction of sp³-hybridized carbons (Fsp3) is 0.407. The van der Waals surface area contributed by atoms with Crippen LogP contribution in [0.2, 0.25) is 0 Å². The number of fused-ring (bicyclic) bond motifs is 5. The molecule has 2 amide bonds. The Labute approximate surface area is 199 Å². The number of amides is 2. The molecule has 2 aromatic carbocycles. The summed E-state index contributed by atoms with van der Waals surface area (Å²) in [6, 6.07) is 16.0. The molecule has 0 spiro atoms. The fourth-order valence-electron chi connectivity index (χ4n) is 5.68. The smallest absolute Gasteiger partial charge is 0.254 e. The molecule has 0 aliphatic carbocycles. The van der Waals surface area contributed by atoms with Crippen molar-refractivity contribution in [3.8, 4) is 5.75 Å². The zero-order valence-corrected chi connectivity index (χ0v) is 19.7. The quantitative estimate of drug-likeness (QED) is 0.529. The van der Waals surface area contributed by atoms with Crippen molar-refractivity contribution >= 4 is 22.7 Å². The normalized spacial score (nSPS) is 22.1. The molecule has 7 heteroatoms. The Bertz CT molecular complexity index is 1240. The predicted octanol–water partition coefficient (Wildman–Crippen LogP) is 3.37. The number of aliphatic hydroxyl groups excluding tert-OH is 1. The lowest BCUT2D eigenvalue weighted by Crippen LogP contribution is -2.67. The Hall–Kier alpha value is -3.32. The number of nitrogens with zero attached hydrogens (tertiary/aromatic N) is 2. The van der Waals surface area contributed by atoms with Gasteiger partial charge in [-0.15, -0.1) is 0 Å². The topological polar surface area (TPSA) is 85.9 Å². The van der Waals surface area contributed by atoms with E-state index in [0.717, 1.165) is 46.3 Å². The fourth-order valence-corrected chi connectivity index (χ4v) is 5.68. The van der Waals surface area contributed by atoms with Crippen molar-refractivity contribution in [1.29, 1.82) is 0 Å². The van der Waals surface area contributed by atoms with Gasteiger partial charge >= 0.3 is 0 Å². The van der Waals surface area contributed by atoms with Crippen LogP contribution >= 0.6 is 0 Å². The van der Waals surface area contributed by atoms with Gasteiger partial charge in [0.2, 0.25) is 5.91 Å². The molecule has 0 radical (unpaired) electrons. The minimum absolute atomic E-state index is 0.0477. The number of hydrogen-bond acceptors (Lipinski definition) is 4. The van der Waals surface area contributed by atoms with Gasteiger partial charge < -0.3 is 24.6 Å². The zero-order chi connectivity index (χ0) is 23.9. The van der Waals surface area contributed by atoms with E-state index in [0.29, 0.717) is 19.5 Å². The Morgan fingerprint density at radius 2 is 1.85 bits per heavy atom. The second-order valence-corrected chi connectivity index (χ2v) is 9.34. The van der Waals surface area contributed by atoms with Crippen LogP contribution in [-0.2, 0) is 15.1 Å². The summed E-state index contributed by atoms with van der Waals surface area (Å²) in [6.07, 6.45) is 2.29. The third-order valence-corrected chi connectivity index (χ3v) is 7.42. The molecule has 2 aliphatic rings. The largest absolute Gasteiger partial charge is 0.496 e. The molecule has 1 unspecified atom stereocenters. The van der Waals surface area contributed by atoms with Gasteiger partial charge in [-0.25, -0.2) is 0 Å². The van der Waals surface area contributed by atoms with Crippen LogP contribution in [0.25, 0.3) is 10.9 Å². The maximum atomic E-state index is 13.9. The molecule has 0 bridgehead atoms. The van der Waals surface area contributed by atoms with Crippen molar-refractivity contribution < 1.29 is 19.4 Å². The highest BCUT2D eigenvalue weighted by molar-refractivity contribution is 6.01. The number of unbranched alkanes of at least 4 members (excludes halogenated alkanes) is 2. The monoisotopic (exact) mass is 461 g/mol. The summed E-state index contributed by atoms with van der Waals surface area (Å²) in [5, 5.41) is 10.1. The first-order valence-electron chi connectivity index (χ1n) is 12.0. The van der Waals surface area contributed by atoms with Crippen LogP contribution in [0.1, 0.15) is 48.9 Å². The Balaban J connectivity index is 1.64. The first-order chi connectivity index (χ1) is 16.5. The number of H-pyrrole nitrogens is 1. The van der Waals surface area contributed by atoms with Crippen molar-refractivity contribution in [2.75, 3.05) is 33.4 Å². The van der Waals surface area contributed by atoms with Gasteiger partial charge in [0, 0.05) is 42.1 Å². The van der Waals surface area contributed by atoms with Crippen LogP contribution in [0.3, 0.4) is 0 Å². The van der Waals surface area contributed by atoms with E-state index < -0.39 is 5.54 Å². The van der Waals surface area contributed by atoms with Gasteiger partial charge in [-0.1, -0.05) is 36.4 Å². The number of piperazine rings is 1. The van der Waals surface area contributed by atoms with Crippen molar-refractivity contribution in [1.82, 2.24) is 14.8 Å². The van der Waals surface area contributed by atoms with Crippen molar-refractivity contribution in [2.24, 2.45) is 0 Å². The Morgan fingerprint density at radius 3 is 2.65 bits per heavy atom. The number of carbonyl (C=O) groups is 2. The van der Waals surface area contributed by atoms with Crippen LogP contribution in [0.15, 0.2) is 48.5 Å². The number of methoxy groups -OCH3 is 1. The molecule has 2 aliphatic heterocycles. The molecule has 34 heavy (non-hydrogen) atoms. The maximum Gasteiger partial charge on any atom is 0.254 e. The number of carbonyl (C=O) groups excluding carboxylic acids is 2. The Kier molecular flexibility index (Phi) is 5.81. The van der Waals surface area contributed by atoms with Crippen LogP contribution in [0.5, 0.6) is 5.75 Å². The van der Waals surface area contributed by atoms with Gasteiger partial charge in [0.15, 0.2) is 5.54 Å². The number of rotatable bonds is 7. The van der Waals surface area contributed by atoms with Gasteiger partial charge in [-0.2, -0.15) is 0 Å². The van der Waals surface area contributed by atoms with Crippen molar-refractivity contribution in [2.45, 2.75) is 37.6 Å². The highest BCUT2D eigenvalue weighted by atomic mass is 16.5. The summed E-state index contributed by atoms with van der Waals surface area (Å²) in [7, 11) is 1.66. The van der Waals surface area contributed by atoms with Crippen LogP contribution in [-0.4, -0.2) is 65.1 Å². The summed E-state index contributed by atoms with van der Waals surface area (Å²) < 4.78 is 5.69. The van der Waals surface area contributed by atoms with E-state index in [2.05, 4.69) is 11.1 Å². The maximum absolute atomic E-state index is 13.9. The molecule has 178 valence electrons. The average Bonchev–Trinajstić information content (AvgIpc) is 3.26. The van der Waals surface area contributed by atoms with E-state index in [-0.39, 0.29) is 30.9 Å². The summed E-state index contributed by atoms with van der Waals surface area (Å²) in [5.41, 5.74) is 2.70. The van der Waals surface area contributed by atoms with Gasteiger partial charge in [-0.3, -0.25) is 9.59 Å². The minimum Gasteiger partial charge on any atom is -0.496 e. The summed E-state index contributed by atoms with van der Waals surface area (Å²) in [4.78, 5) is 34.4. The molecule has 3 aromatic rings. The molecular weight excluding hydrogens is 430 g/mol. The van der Waals surface area contributed by atoms with Gasteiger partial charge in [-0.05, 0) is 43.9 Å². The van der Waals surface area contributed by atoms with E-state index in [4.69, 9.17) is 9.84 Å². The summed E-state index contributed by atoms with van der Waals surface area (Å²) in [5.74, 6) is 0.549. The zero-order valence-electron chi connectivity index (χ0n) is 19.7. The molecule has 1 aromatic heterocycles. The van der Waals surface area contributed by atoms with E-state index in [1.165, 1.54) is 0 Å². The standard InChI is InChI=1S/C27H31N3O4/c1-27-25-24(19-11-4-6-12-21(19)28-25)20(18-10-5-7-13-22(18)34-2)16-30(27)23(32)17-29(26(27)33)14-8-3-9-15-31/h4-7,10-13,20,28,31H,3,8-9,14-17H2,1-2H3/t20?,27-/m0/s1. The Morgan fingerprint density at radius 1 is 1.09 bits per heavy atom. The van der Waals surface area contributed by atoms with Crippen LogP contribution in [0.4, 0.5) is 0 Å². The molecular formula is C27H31N3O4. The van der Waals surface area contributed by atoms with Crippen LogP contribution < -0.4 is 4.74 Å². The lowest BCUT2D eigenvalue weighted by Gasteiger charge is -2.51. The first-order valence-corrected chi connectivity index (χ1v) is 12.0. The number of para-hydroxylation sites is 2. The summed E-state index contributed by atoms with van der Waals surface area (Å²) >= 11 is 0. The van der Waals surface area contributed by atoms with Gasteiger partial charge in [0.05, 0.1) is 19.3 Å².